The fraction of sp³-hybridized carbons (Fsp3) is 0.0769. The van der Waals surface area contributed by atoms with Crippen LogP contribution in [0.4, 0.5) is 5.69 Å². The molecule has 0 fully saturated rings. The van der Waals surface area contributed by atoms with Gasteiger partial charge in [0, 0.05) is 11.6 Å². The van der Waals surface area contributed by atoms with E-state index in [-0.39, 0.29) is 0 Å². The third-order valence-electron chi connectivity index (χ3n) is 2.46. The predicted octanol–water partition coefficient (Wildman–Crippen LogP) is 2.98. The Hall–Kier alpha value is -1.65. The number of anilines is 1. The molecule has 92 valence electrons. The molecule has 5 heteroatoms. The molecule has 2 aromatic rings. The maximum absolute atomic E-state index is 6.07. The Balaban J connectivity index is 2.02. The second kappa shape index (κ2) is 5.80. The highest BCUT2D eigenvalue weighted by Gasteiger charge is 2.00. The smallest absolute Gasteiger partial charge is 0.122 e. The van der Waals surface area contributed by atoms with E-state index in [0.29, 0.717) is 17.2 Å². The lowest BCUT2D eigenvalue weighted by Crippen LogP contribution is -2.11. The number of rotatable bonds is 4. The van der Waals surface area contributed by atoms with Gasteiger partial charge in [0.05, 0.1) is 17.6 Å². The van der Waals surface area contributed by atoms with Gasteiger partial charge in [0.25, 0.3) is 0 Å². The molecular formula is C13H12ClN3S. The Morgan fingerprint density at radius 3 is 2.67 bits per heavy atom. The average Bonchev–Trinajstić information content (AvgIpc) is 2.38. The van der Waals surface area contributed by atoms with E-state index in [4.69, 9.17) is 29.6 Å². The first kappa shape index (κ1) is 12.8. The zero-order chi connectivity index (χ0) is 13.0. The van der Waals surface area contributed by atoms with Gasteiger partial charge in [-0.05, 0) is 23.8 Å². The first-order valence-corrected chi connectivity index (χ1v) is 6.18. The molecule has 0 radical (unpaired) electrons. The highest BCUT2D eigenvalue weighted by molar-refractivity contribution is 7.80. The number of nitrogens with zero attached hydrogens (tertiary/aromatic N) is 1. The van der Waals surface area contributed by atoms with Gasteiger partial charge in [-0.2, -0.15) is 0 Å². The van der Waals surface area contributed by atoms with Crippen molar-refractivity contribution in [2.24, 2.45) is 5.73 Å². The summed E-state index contributed by atoms with van der Waals surface area (Å²) in [4.78, 5) is 4.45. The van der Waals surface area contributed by atoms with Gasteiger partial charge in [-0.25, -0.2) is 0 Å². The molecule has 1 aromatic heterocycles. The average molecular weight is 278 g/mol. The maximum atomic E-state index is 6.07. The molecule has 18 heavy (non-hydrogen) atoms. The largest absolute Gasteiger partial charge is 0.388 e. The predicted molar refractivity (Wildman–Crippen MR) is 78.9 cm³/mol. The fourth-order valence-electron chi connectivity index (χ4n) is 1.48. The second-order valence-electron chi connectivity index (χ2n) is 3.74. The van der Waals surface area contributed by atoms with Crippen LogP contribution in [0.25, 0.3) is 0 Å². The van der Waals surface area contributed by atoms with E-state index in [0.717, 1.165) is 16.3 Å². The Bertz CT molecular complexity index is 554. The third-order valence-corrected chi connectivity index (χ3v) is 3.03. The molecule has 0 spiro atoms. The number of halogens is 1. The number of thiocarbonyl (C=S) groups is 1. The van der Waals surface area contributed by atoms with Crippen LogP contribution in [0.3, 0.4) is 0 Å². The number of hydrogen-bond donors (Lipinski definition) is 2. The number of nitrogens with two attached hydrogens (primary N) is 1. The van der Waals surface area contributed by atoms with E-state index < -0.39 is 0 Å². The van der Waals surface area contributed by atoms with Gasteiger partial charge in [-0.15, -0.1) is 0 Å². The molecule has 0 unspecified atom stereocenters. The standard InChI is InChI=1S/C13H12ClN3S/c14-11-4-2-1-3-9(11)7-16-10-5-6-12(13(15)18)17-8-10/h1-6,8,16H,7H2,(H2,15,18). The third kappa shape index (κ3) is 3.18. The Morgan fingerprint density at radius 1 is 1.28 bits per heavy atom. The zero-order valence-corrected chi connectivity index (χ0v) is 11.1. The van der Waals surface area contributed by atoms with Crippen molar-refractivity contribution in [3.63, 3.8) is 0 Å². The number of pyridine rings is 1. The van der Waals surface area contributed by atoms with Crippen LogP contribution in [0.2, 0.25) is 5.02 Å². The van der Waals surface area contributed by atoms with Crippen molar-refractivity contribution in [2.45, 2.75) is 6.54 Å². The van der Waals surface area contributed by atoms with E-state index in [9.17, 15) is 0 Å². The molecule has 1 heterocycles. The minimum Gasteiger partial charge on any atom is -0.388 e. The van der Waals surface area contributed by atoms with Gasteiger partial charge in [0.2, 0.25) is 0 Å². The lowest BCUT2D eigenvalue weighted by atomic mass is 10.2. The van der Waals surface area contributed by atoms with E-state index in [2.05, 4.69) is 10.3 Å². The monoisotopic (exact) mass is 277 g/mol. The lowest BCUT2D eigenvalue weighted by molar-refractivity contribution is 1.13. The summed E-state index contributed by atoms with van der Waals surface area (Å²) in [5.41, 5.74) is 8.04. The van der Waals surface area contributed by atoms with Crippen molar-refractivity contribution in [2.75, 3.05) is 5.32 Å². The van der Waals surface area contributed by atoms with Crippen LogP contribution in [0.15, 0.2) is 42.6 Å². The minimum atomic E-state index is 0.299. The zero-order valence-electron chi connectivity index (χ0n) is 9.56. The summed E-state index contributed by atoms with van der Waals surface area (Å²) in [6.07, 6.45) is 1.70. The molecule has 0 saturated heterocycles. The van der Waals surface area contributed by atoms with Crippen LogP contribution in [-0.4, -0.2) is 9.97 Å². The van der Waals surface area contributed by atoms with E-state index >= 15 is 0 Å². The highest BCUT2D eigenvalue weighted by Crippen LogP contribution is 2.16. The lowest BCUT2D eigenvalue weighted by Gasteiger charge is -2.08. The van der Waals surface area contributed by atoms with E-state index in [1.54, 1.807) is 12.3 Å². The quantitative estimate of drug-likeness (QED) is 0.844. The molecule has 0 aliphatic heterocycles. The van der Waals surface area contributed by atoms with Gasteiger partial charge < -0.3 is 11.1 Å². The summed E-state index contributed by atoms with van der Waals surface area (Å²) in [5.74, 6) is 0. The van der Waals surface area contributed by atoms with Gasteiger partial charge in [-0.1, -0.05) is 42.0 Å². The van der Waals surface area contributed by atoms with Crippen LogP contribution in [-0.2, 0) is 6.54 Å². The highest BCUT2D eigenvalue weighted by atomic mass is 35.5. The molecule has 2 rings (SSSR count). The molecule has 0 saturated carbocycles. The van der Waals surface area contributed by atoms with Crippen molar-refractivity contribution in [3.05, 3.63) is 58.9 Å². The Kier molecular flexibility index (Phi) is 4.12. The first-order valence-electron chi connectivity index (χ1n) is 5.40. The van der Waals surface area contributed by atoms with Crippen molar-refractivity contribution < 1.29 is 0 Å². The topological polar surface area (TPSA) is 50.9 Å². The summed E-state index contributed by atoms with van der Waals surface area (Å²) in [6, 6.07) is 11.4. The van der Waals surface area contributed by atoms with Crippen LogP contribution in [0, 0.1) is 0 Å². The van der Waals surface area contributed by atoms with Crippen molar-refractivity contribution >= 4 is 34.5 Å². The van der Waals surface area contributed by atoms with E-state index in [1.165, 1.54) is 0 Å². The number of hydrogen-bond acceptors (Lipinski definition) is 3. The van der Waals surface area contributed by atoms with Crippen LogP contribution in [0.1, 0.15) is 11.3 Å². The normalized spacial score (nSPS) is 10.1. The Morgan fingerprint density at radius 2 is 2.06 bits per heavy atom. The SMILES string of the molecule is NC(=S)c1ccc(NCc2ccccc2Cl)cn1. The summed E-state index contributed by atoms with van der Waals surface area (Å²) >= 11 is 10.9. The van der Waals surface area contributed by atoms with Gasteiger partial charge >= 0.3 is 0 Å². The summed E-state index contributed by atoms with van der Waals surface area (Å²) in [5, 5.41) is 3.98. The molecule has 0 bridgehead atoms. The Labute approximate surface area is 116 Å². The summed E-state index contributed by atoms with van der Waals surface area (Å²) in [7, 11) is 0. The summed E-state index contributed by atoms with van der Waals surface area (Å²) in [6.45, 7) is 0.647. The van der Waals surface area contributed by atoms with Gasteiger partial charge in [0.15, 0.2) is 0 Å². The number of aromatic nitrogens is 1. The fourth-order valence-corrected chi connectivity index (χ4v) is 1.81. The van der Waals surface area contributed by atoms with Gasteiger partial charge in [-0.3, -0.25) is 4.98 Å². The molecule has 3 N–H and O–H groups in total. The molecule has 0 atom stereocenters. The van der Waals surface area contributed by atoms with Crippen LogP contribution >= 0.6 is 23.8 Å². The molecule has 1 aromatic carbocycles. The van der Waals surface area contributed by atoms with Gasteiger partial charge in [0.1, 0.15) is 4.99 Å². The van der Waals surface area contributed by atoms with Crippen molar-refractivity contribution in [1.82, 2.24) is 4.98 Å². The first-order chi connectivity index (χ1) is 8.66. The van der Waals surface area contributed by atoms with Crippen molar-refractivity contribution in [1.29, 1.82) is 0 Å². The second-order valence-corrected chi connectivity index (χ2v) is 4.59. The summed E-state index contributed by atoms with van der Waals surface area (Å²) < 4.78 is 0. The molecule has 0 aliphatic rings. The van der Waals surface area contributed by atoms with E-state index in [1.807, 2.05) is 30.3 Å². The van der Waals surface area contributed by atoms with Crippen LogP contribution < -0.4 is 11.1 Å². The molecule has 3 nitrogen and oxygen atoms in total. The maximum Gasteiger partial charge on any atom is 0.122 e. The number of nitrogens with one attached hydrogen (secondary N) is 1. The molecular weight excluding hydrogens is 266 g/mol. The van der Waals surface area contributed by atoms with Crippen LogP contribution in [0.5, 0.6) is 0 Å². The molecule has 0 aliphatic carbocycles. The number of benzene rings is 1. The van der Waals surface area contributed by atoms with Crippen molar-refractivity contribution in [3.8, 4) is 0 Å². The minimum absolute atomic E-state index is 0.299. The molecule has 0 amide bonds.